The summed E-state index contributed by atoms with van der Waals surface area (Å²) in [5.74, 6) is 1.37. The third kappa shape index (κ3) is 3.66. The van der Waals surface area contributed by atoms with Crippen LogP contribution in [0.1, 0.15) is 11.5 Å². The maximum atomic E-state index is 5.88. The molecule has 3 nitrogen and oxygen atoms in total. The molecule has 0 unspecified atom stereocenters. The van der Waals surface area contributed by atoms with Crippen LogP contribution in [0.15, 0.2) is 33.9 Å². The van der Waals surface area contributed by atoms with E-state index in [4.69, 9.17) is 11.6 Å². The number of thioether (sulfide) groups is 1. The molecule has 6 heteroatoms. The Kier molecular flexibility index (Phi) is 4.36. The fourth-order valence-electron chi connectivity index (χ4n) is 1.26. The van der Waals surface area contributed by atoms with Gasteiger partial charge in [-0.3, -0.25) is 0 Å². The molecule has 0 amide bonds. The molecule has 0 fully saturated rings. The predicted molar refractivity (Wildman–Crippen MR) is 73.3 cm³/mol. The highest BCUT2D eigenvalue weighted by molar-refractivity contribution is 9.10. The monoisotopic (exact) mass is 329 g/mol. The van der Waals surface area contributed by atoms with E-state index in [0.29, 0.717) is 10.9 Å². The van der Waals surface area contributed by atoms with Crippen LogP contribution in [0.2, 0.25) is 5.15 Å². The summed E-state index contributed by atoms with van der Waals surface area (Å²) >= 11 is 10.9. The minimum atomic E-state index is 0.480. The highest BCUT2D eigenvalue weighted by Gasteiger charge is 2.05. The van der Waals surface area contributed by atoms with Crippen molar-refractivity contribution in [1.29, 1.82) is 0 Å². The molecule has 17 heavy (non-hydrogen) atoms. The maximum absolute atomic E-state index is 5.88. The second kappa shape index (κ2) is 5.80. The zero-order chi connectivity index (χ0) is 12.3. The van der Waals surface area contributed by atoms with E-state index >= 15 is 0 Å². The van der Waals surface area contributed by atoms with Crippen LogP contribution in [0, 0.1) is 6.92 Å². The standard InChI is InChI=1S/C11H9BrClN3S/c1-7-5-9(13)16-10(15-7)6-17-11-8(12)3-2-4-14-11/h2-5H,6H2,1H3. The molecule has 2 heterocycles. The van der Waals surface area contributed by atoms with Gasteiger partial charge in [0.25, 0.3) is 0 Å². The summed E-state index contributed by atoms with van der Waals surface area (Å²) in [4.78, 5) is 12.8. The molecule has 0 spiro atoms. The largest absolute Gasteiger partial charge is 0.249 e. The molecule has 0 aliphatic rings. The Morgan fingerprint density at radius 2 is 2.24 bits per heavy atom. The van der Waals surface area contributed by atoms with Crippen LogP contribution in [-0.2, 0) is 5.75 Å². The van der Waals surface area contributed by atoms with Crippen molar-refractivity contribution in [3.05, 3.63) is 45.5 Å². The van der Waals surface area contributed by atoms with Gasteiger partial charge in [-0.15, -0.1) is 0 Å². The molecule has 88 valence electrons. The Balaban J connectivity index is 2.10. The van der Waals surface area contributed by atoms with Gasteiger partial charge in [0.1, 0.15) is 16.0 Å². The van der Waals surface area contributed by atoms with Gasteiger partial charge < -0.3 is 0 Å². The summed E-state index contributed by atoms with van der Waals surface area (Å²) in [7, 11) is 0. The van der Waals surface area contributed by atoms with E-state index in [1.54, 1.807) is 24.0 Å². The lowest BCUT2D eigenvalue weighted by Crippen LogP contribution is -1.95. The highest BCUT2D eigenvalue weighted by Crippen LogP contribution is 2.26. The molecular weight excluding hydrogens is 322 g/mol. The lowest BCUT2D eigenvalue weighted by Gasteiger charge is -2.03. The molecule has 2 aromatic heterocycles. The zero-order valence-corrected chi connectivity index (χ0v) is 12.2. The van der Waals surface area contributed by atoms with Crippen LogP contribution >= 0.6 is 39.3 Å². The van der Waals surface area contributed by atoms with Gasteiger partial charge in [-0.05, 0) is 41.1 Å². The fourth-order valence-corrected chi connectivity index (χ4v) is 2.85. The fraction of sp³-hybridized carbons (Fsp3) is 0.182. The average molecular weight is 331 g/mol. The smallest absolute Gasteiger partial charge is 0.140 e. The minimum Gasteiger partial charge on any atom is -0.249 e. The first-order chi connectivity index (χ1) is 8.15. The van der Waals surface area contributed by atoms with E-state index < -0.39 is 0 Å². The van der Waals surface area contributed by atoms with Gasteiger partial charge in [0.15, 0.2) is 0 Å². The van der Waals surface area contributed by atoms with Gasteiger partial charge in [0.05, 0.1) is 5.75 Å². The van der Waals surface area contributed by atoms with Crippen molar-refractivity contribution < 1.29 is 0 Å². The van der Waals surface area contributed by atoms with Crippen molar-refractivity contribution in [1.82, 2.24) is 15.0 Å². The highest BCUT2D eigenvalue weighted by atomic mass is 79.9. The van der Waals surface area contributed by atoms with Crippen molar-refractivity contribution in [2.24, 2.45) is 0 Å². The van der Waals surface area contributed by atoms with Crippen LogP contribution in [0.25, 0.3) is 0 Å². The summed E-state index contributed by atoms with van der Waals surface area (Å²) in [6.07, 6.45) is 1.76. The number of aryl methyl sites for hydroxylation is 1. The van der Waals surface area contributed by atoms with Gasteiger partial charge in [0.2, 0.25) is 0 Å². The Hall–Kier alpha value is -0.650. The Bertz CT molecular complexity index is 516. The van der Waals surface area contributed by atoms with Gasteiger partial charge in [0, 0.05) is 16.4 Å². The molecule has 0 radical (unpaired) electrons. The lowest BCUT2D eigenvalue weighted by molar-refractivity contribution is 0.991. The second-order valence-electron chi connectivity index (χ2n) is 3.33. The first kappa shape index (κ1) is 12.8. The predicted octanol–water partition coefficient (Wildman–Crippen LogP) is 3.89. The van der Waals surface area contributed by atoms with E-state index in [-0.39, 0.29) is 0 Å². The third-order valence-corrected chi connectivity index (χ3v) is 4.03. The van der Waals surface area contributed by atoms with E-state index in [1.165, 1.54) is 0 Å². The number of rotatable bonds is 3. The summed E-state index contributed by atoms with van der Waals surface area (Å²) in [5.41, 5.74) is 0.876. The molecule has 0 aliphatic heterocycles. The van der Waals surface area contributed by atoms with Crippen LogP contribution in [0.5, 0.6) is 0 Å². The van der Waals surface area contributed by atoms with Crippen molar-refractivity contribution >= 4 is 39.3 Å². The molecule has 0 atom stereocenters. The van der Waals surface area contributed by atoms with Gasteiger partial charge >= 0.3 is 0 Å². The number of hydrogen-bond acceptors (Lipinski definition) is 4. The summed E-state index contributed by atoms with van der Waals surface area (Å²) in [6, 6.07) is 5.58. The Morgan fingerprint density at radius 1 is 1.41 bits per heavy atom. The van der Waals surface area contributed by atoms with Gasteiger partial charge in [-0.25, -0.2) is 15.0 Å². The molecule has 0 N–H and O–H groups in total. The van der Waals surface area contributed by atoms with E-state index in [0.717, 1.165) is 21.0 Å². The molecule has 0 aliphatic carbocycles. The Morgan fingerprint density at radius 3 is 2.94 bits per heavy atom. The van der Waals surface area contributed by atoms with Crippen LogP contribution in [-0.4, -0.2) is 15.0 Å². The molecule has 0 bridgehead atoms. The van der Waals surface area contributed by atoms with Crippen molar-refractivity contribution in [2.75, 3.05) is 0 Å². The third-order valence-electron chi connectivity index (χ3n) is 1.93. The van der Waals surface area contributed by atoms with Crippen molar-refractivity contribution in [3.63, 3.8) is 0 Å². The SMILES string of the molecule is Cc1cc(Cl)nc(CSc2ncccc2Br)n1. The van der Waals surface area contributed by atoms with E-state index in [9.17, 15) is 0 Å². The average Bonchev–Trinajstić information content (AvgIpc) is 2.27. The number of aromatic nitrogens is 3. The lowest BCUT2D eigenvalue weighted by atomic mass is 10.4. The summed E-state index contributed by atoms with van der Waals surface area (Å²) < 4.78 is 0.976. The molecule has 2 rings (SSSR count). The van der Waals surface area contributed by atoms with E-state index in [2.05, 4.69) is 30.9 Å². The molecule has 0 saturated carbocycles. The van der Waals surface area contributed by atoms with Crippen molar-refractivity contribution in [2.45, 2.75) is 17.7 Å². The molecule has 0 saturated heterocycles. The first-order valence-electron chi connectivity index (χ1n) is 4.88. The topological polar surface area (TPSA) is 38.7 Å². The summed E-state index contributed by atoms with van der Waals surface area (Å²) in [5, 5.41) is 1.40. The van der Waals surface area contributed by atoms with E-state index in [1.807, 2.05) is 19.1 Å². The molecular formula is C11H9BrClN3S. The molecule has 2 aromatic rings. The number of nitrogens with zero attached hydrogens (tertiary/aromatic N) is 3. The first-order valence-corrected chi connectivity index (χ1v) is 7.04. The quantitative estimate of drug-likeness (QED) is 0.632. The van der Waals surface area contributed by atoms with Crippen LogP contribution in [0.3, 0.4) is 0 Å². The number of hydrogen-bond donors (Lipinski definition) is 0. The number of pyridine rings is 1. The Labute approximate surface area is 117 Å². The van der Waals surface area contributed by atoms with Crippen LogP contribution < -0.4 is 0 Å². The normalized spacial score (nSPS) is 10.5. The maximum Gasteiger partial charge on any atom is 0.140 e. The van der Waals surface area contributed by atoms with Crippen molar-refractivity contribution in [3.8, 4) is 0 Å². The number of halogens is 2. The second-order valence-corrected chi connectivity index (χ2v) is 5.53. The van der Waals surface area contributed by atoms with Gasteiger partial charge in [-0.2, -0.15) is 0 Å². The minimum absolute atomic E-state index is 0.480. The summed E-state index contributed by atoms with van der Waals surface area (Å²) in [6.45, 7) is 1.90. The zero-order valence-electron chi connectivity index (χ0n) is 9.02. The molecule has 0 aromatic carbocycles. The van der Waals surface area contributed by atoms with Crippen LogP contribution in [0.4, 0.5) is 0 Å². The van der Waals surface area contributed by atoms with Gasteiger partial charge in [-0.1, -0.05) is 23.4 Å².